The number of carbonyl (C=O) groups excluding carboxylic acids is 1. The molecule has 27 heavy (non-hydrogen) atoms. The maximum atomic E-state index is 12.0. The molecule has 5 nitrogen and oxygen atoms in total. The summed E-state index contributed by atoms with van der Waals surface area (Å²) < 4.78 is 16.7. The Balaban J connectivity index is 1.68. The van der Waals surface area contributed by atoms with Crippen LogP contribution in [0.4, 0.5) is 4.79 Å². The zero-order valence-electron chi connectivity index (χ0n) is 16.9. The number of hydrogen-bond donors (Lipinski definition) is 1. The van der Waals surface area contributed by atoms with E-state index in [0.29, 0.717) is 19.8 Å². The van der Waals surface area contributed by atoms with Crippen molar-refractivity contribution in [2.75, 3.05) is 19.8 Å². The van der Waals surface area contributed by atoms with Crippen molar-refractivity contribution in [1.82, 2.24) is 5.32 Å². The highest BCUT2D eigenvalue weighted by Crippen LogP contribution is 2.44. The first-order chi connectivity index (χ1) is 12.9. The average Bonchev–Trinajstić information content (AvgIpc) is 3.12. The molecule has 2 aliphatic rings. The van der Waals surface area contributed by atoms with Gasteiger partial charge in [0.05, 0.1) is 13.2 Å². The molecule has 1 aliphatic heterocycles. The highest BCUT2D eigenvalue weighted by atomic mass is 16.7. The van der Waals surface area contributed by atoms with E-state index in [1.807, 2.05) is 20.8 Å². The Morgan fingerprint density at radius 3 is 2.70 bits per heavy atom. The highest BCUT2D eigenvalue weighted by molar-refractivity contribution is 5.67. The molecule has 1 aliphatic carbocycles. The lowest BCUT2D eigenvalue weighted by Gasteiger charge is -2.40. The number of fused-ring (bicyclic) bond motifs is 1. The third-order valence-electron chi connectivity index (χ3n) is 5.51. The van der Waals surface area contributed by atoms with Crippen LogP contribution in [0.3, 0.4) is 0 Å². The Hall–Kier alpha value is -1.59. The summed E-state index contributed by atoms with van der Waals surface area (Å²) in [5, 5.41) is 2.95. The standard InChI is InChI=1S/C22H33NO4/c1-21(2,3)27-20(24)23-14-13-22(12-10-19-25-15-16-26-19)11-6-8-17-7-4-5-9-18(17)22/h4-5,7,9,19H,6,8,10-16H2,1-3H3,(H,23,24). The Kier molecular flexibility index (Phi) is 6.43. The molecular weight excluding hydrogens is 342 g/mol. The van der Waals surface area contributed by atoms with Gasteiger partial charge in [-0.05, 0) is 75.8 Å². The molecule has 0 aromatic heterocycles. The Bertz CT molecular complexity index is 633. The summed E-state index contributed by atoms with van der Waals surface area (Å²) in [5.41, 5.74) is 2.45. The molecule has 1 aromatic carbocycles. The molecule has 1 aromatic rings. The first kappa shape index (κ1) is 20.2. The molecule has 3 rings (SSSR count). The van der Waals surface area contributed by atoms with Gasteiger partial charge in [-0.1, -0.05) is 24.3 Å². The van der Waals surface area contributed by atoms with E-state index < -0.39 is 5.60 Å². The van der Waals surface area contributed by atoms with Crippen LogP contribution in [0, 0.1) is 0 Å². The van der Waals surface area contributed by atoms with Crippen molar-refractivity contribution in [1.29, 1.82) is 0 Å². The van der Waals surface area contributed by atoms with Crippen LogP contribution in [-0.4, -0.2) is 37.7 Å². The lowest BCUT2D eigenvalue weighted by atomic mass is 9.65. The van der Waals surface area contributed by atoms with Gasteiger partial charge in [0.2, 0.25) is 0 Å². The summed E-state index contributed by atoms with van der Waals surface area (Å²) in [6, 6.07) is 8.76. The van der Waals surface area contributed by atoms with Crippen molar-refractivity contribution in [2.45, 2.75) is 76.6 Å². The van der Waals surface area contributed by atoms with Gasteiger partial charge in [-0.15, -0.1) is 0 Å². The lowest BCUT2D eigenvalue weighted by Crippen LogP contribution is -2.38. The van der Waals surface area contributed by atoms with Crippen molar-refractivity contribution in [3.63, 3.8) is 0 Å². The predicted molar refractivity (Wildman–Crippen MR) is 105 cm³/mol. The fraction of sp³-hybridized carbons (Fsp3) is 0.682. The smallest absolute Gasteiger partial charge is 0.407 e. The lowest BCUT2D eigenvalue weighted by molar-refractivity contribution is -0.0521. The maximum Gasteiger partial charge on any atom is 0.407 e. The molecule has 0 spiro atoms. The number of hydrogen-bond acceptors (Lipinski definition) is 4. The number of amides is 1. The molecule has 1 amide bonds. The van der Waals surface area contributed by atoms with Gasteiger partial charge in [0.25, 0.3) is 0 Å². The summed E-state index contributed by atoms with van der Waals surface area (Å²) in [4.78, 5) is 12.0. The van der Waals surface area contributed by atoms with Crippen molar-refractivity contribution in [2.24, 2.45) is 0 Å². The number of aryl methyl sites for hydroxylation is 1. The van der Waals surface area contributed by atoms with Crippen LogP contribution >= 0.6 is 0 Å². The molecule has 0 radical (unpaired) electrons. The third kappa shape index (κ3) is 5.45. The molecule has 0 saturated carbocycles. The summed E-state index contributed by atoms with van der Waals surface area (Å²) in [6.45, 7) is 7.63. The Morgan fingerprint density at radius 1 is 1.22 bits per heavy atom. The van der Waals surface area contributed by atoms with Crippen molar-refractivity contribution in [3.8, 4) is 0 Å². The SMILES string of the molecule is CC(C)(C)OC(=O)NCCC1(CCC2OCCO2)CCCc2ccccc21. The molecule has 1 N–H and O–H groups in total. The largest absolute Gasteiger partial charge is 0.444 e. The van der Waals surface area contributed by atoms with E-state index in [1.54, 1.807) is 0 Å². The van der Waals surface area contributed by atoms with E-state index in [-0.39, 0.29) is 17.8 Å². The number of benzene rings is 1. The number of rotatable bonds is 6. The van der Waals surface area contributed by atoms with E-state index in [2.05, 4.69) is 29.6 Å². The molecule has 150 valence electrons. The third-order valence-corrected chi connectivity index (χ3v) is 5.51. The van der Waals surface area contributed by atoms with Gasteiger partial charge in [0.15, 0.2) is 6.29 Å². The van der Waals surface area contributed by atoms with E-state index >= 15 is 0 Å². The molecular formula is C22H33NO4. The van der Waals surface area contributed by atoms with Crippen LogP contribution in [0.15, 0.2) is 24.3 Å². The minimum absolute atomic E-state index is 0.0547. The minimum Gasteiger partial charge on any atom is -0.444 e. The second-order valence-electron chi connectivity index (χ2n) is 8.68. The molecule has 1 saturated heterocycles. The van der Waals surface area contributed by atoms with Gasteiger partial charge >= 0.3 is 6.09 Å². The van der Waals surface area contributed by atoms with Crippen molar-refractivity contribution < 1.29 is 19.0 Å². The molecule has 5 heteroatoms. The Labute approximate surface area is 162 Å². The Morgan fingerprint density at radius 2 is 1.96 bits per heavy atom. The van der Waals surface area contributed by atoms with Crippen LogP contribution in [0.5, 0.6) is 0 Å². The number of carbonyl (C=O) groups is 1. The molecule has 1 unspecified atom stereocenters. The fourth-order valence-electron chi connectivity index (χ4n) is 4.34. The number of ether oxygens (including phenoxy) is 3. The monoisotopic (exact) mass is 375 g/mol. The van der Waals surface area contributed by atoms with E-state index in [1.165, 1.54) is 17.5 Å². The summed E-state index contributed by atoms with van der Waals surface area (Å²) >= 11 is 0. The maximum absolute atomic E-state index is 12.0. The fourth-order valence-corrected chi connectivity index (χ4v) is 4.34. The predicted octanol–water partition coefficient (Wildman–Crippen LogP) is 4.33. The first-order valence-electron chi connectivity index (χ1n) is 10.2. The quantitative estimate of drug-likeness (QED) is 0.804. The summed E-state index contributed by atoms with van der Waals surface area (Å²) in [5.74, 6) is 0. The zero-order chi connectivity index (χ0) is 19.3. The minimum atomic E-state index is -0.476. The van der Waals surface area contributed by atoms with Gasteiger partial charge in [-0.2, -0.15) is 0 Å². The summed E-state index contributed by atoms with van der Waals surface area (Å²) in [6.07, 6.45) is 5.80. The van der Waals surface area contributed by atoms with E-state index in [9.17, 15) is 4.79 Å². The van der Waals surface area contributed by atoms with Gasteiger partial charge in [0.1, 0.15) is 5.60 Å². The average molecular weight is 376 g/mol. The van der Waals surface area contributed by atoms with Crippen LogP contribution in [0.25, 0.3) is 0 Å². The van der Waals surface area contributed by atoms with Crippen LogP contribution in [0.2, 0.25) is 0 Å². The second-order valence-corrected chi connectivity index (χ2v) is 8.68. The van der Waals surface area contributed by atoms with E-state index in [4.69, 9.17) is 14.2 Å². The van der Waals surface area contributed by atoms with Crippen molar-refractivity contribution >= 4 is 6.09 Å². The van der Waals surface area contributed by atoms with Gasteiger partial charge < -0.3 is 19.5 Å². The topological polar surface area (TPSA) is 56.8 Å². The molecule has 1 atom stereocenters. The van der Waals surface area contributed by atoms with Crippen LogP contribution in [-0.2, 0) is 26.0 Å². The van der Waals surface area contributed by atoms with Gasteiger partial charge in [0, 0.05) is 6.54 Å². The number of alkyl carbamates (subject to hydrolysis) is 1. The molecule has 0 bridgehead atoms. The number of nitrogens with one attached hydrogen (secondary N) is 1. The second kappa shape index (κ2) is 8.61. The first-order valence-corrected chi connectivity index (χ1v) is 10.2. The van der Waals surface area contributed by atoms with Crippen molar-refractivity contribution in [3.05, 3.63) is 35.4 Å². The summed E-state index contributed by atoms with van der Waals surface area (Å²) in [7, 11) is 0. The molecule has 1 heterocycles. The van der Waals surface area contributed by atoms with Gasteiger partial charge in [-0.25, -0.2) is 4.79 Å². The van der Waals surface area contributed by atoms with Gasteiger partial charge in [-0.3, -0.25) is 0 Å². The zero-order valence-corrected chi connectivity index (χ0v) is 16.9. The highest BCUT2D eigenvalue weighted by Gasteiger charge is 2.37. The van der Waals surface area contributed by atoms with Crippen LogP contribution < -0.4 is 5.32 Å². The van der Waals surface area contributed by atoms with Crippen LogP contribution in [0.1, 0.15) is 64.0 Å². The normalized spacial score (nSPS) is 23.1. The molecule has 1 fully saturated rings. The van der Waals surface area contributed by atoms with E-state index in [0.717, 1.165) is 32.1 Å².